The zero-order valence-corrected chi connectivity index (χ0v) is 13.4. The van der Waals surface area contributed by atoms with Gasteiger partial charge in [0.25, 0.3) is 0 Å². The van der Waals surface area contributed by atoms with Crippen LogP contribution in [0.15, 0.2) is 0 Å². The molecule has 4 heteroatoms. The molecule has 2 N–H and O–H groups in total. The van der Waals surface area contributed by atoms with Crippen LogP contribution in [0.1, 0.15) is 58.3 Å². The highest BCUT2D eigenvalue weighted by atomic mass is 16.5. The van der Waals surface area contributed by atoms with Crippen molar-refractivity contribution >= 4 is 0 Å². The second kappa shape index (κ2) is 6.53. The maximum atomic E-state index is 6.76. The Bertz CT molecular complexity index is 329. The average Bonchev–Trinajstić information content (AvgIpc) is 2.95. The zero-order valence-electron chi connectivity index (χ0n) is 13.4. The number of rotatable bonds is 4. The lowest BCUT2D eigenvalue weighted by molar-refractivity contribution is -0.152. The van der Waals surface area contributed by atoms with E-state index in [1.54, 1.807) is 0 Å². The number of hydrogen-bond acceptors (Lipinski definition) is 4. The SMILES string of the molecule is CCOC1(C(N)C2CCOC3(CCCC3)C2)CCOCC1. The lowest BCUT2D eigenvalue weighted by atomic mass is 9.72. The molecule has 3 fully saturated rings. The van der Waals surface area contributed by atoms with Crippen LogP contribution >= 0.6 is 0 Å². The summed E-state index contributed by atoms with van der Waals surface area (Å²) < 4.78 is 17.9. The van der Waals surface area contributed by atoms with Crippen molar-refractivity contribution in [1.82, 2.24) is 0 Å². The molecule has 2 unspecified atom stereocenters. The highest BCUT2D eigenvalue weighted by Gasteiger charge is 2.48. The summed E-state index contributed by atoms with van der Waals surface area (Å²) in [6.45, 7) is 5.25. The highest BCUT2D eigenvalue weighted by molar-refractivity contribution is 5.01. The minimum Gasteiger partial charge on any atom is -0.381 e. The molecule has 4 nitrogen and oxygen atoms in total. The van der Waals surface area contributed by atoms with E-state index in [0.717, 1.165) is 52.1 Å². The normalized spacial score (nSPS) is 33.1. The van der Waals surface area contributed by atoms with E-state index in [4.69, 9.17) is 19.9 Å². The Labute approximate surface area is 128 Å². The Hall–Kier alpha value is -0.160. The molecular weight excluding hydrogens is 266 g/mol. The highest BCUT2D eigenvalue weighted by Crippen LogP contribution is 2.45. The quantitative estimate of drug-likeness (QED) is 0.866. The van der Waals surface area contributed by atoms with Crippen LogP contribution < -0.4 is 5.73 Å². The summed E-state index contributed by atoms with van der Waals surface area (Å²) in [5.74, 6) is 0.529. The molecule has 0 radical (unpaired) electrons. The second-order valence-corrected chi connectivity index (χ2v) is 7.13. The largest absolute Gasteiger partial charge is 0.381 e. The number of nitrogens with two attached hydrogens (primary N) is 1. The number of hydrogen-bond donors (Lipinski definition) is 1. The van der Waals surface area contributed by atoms with Crippen molar-refractivity contribution in [1.29, 1.82) is 0 Å². The van der Waals surface area contributed by atoms with Crippen molar-refractivity contribution in [3.8, 4) is 0 Å². The van der Waals surface area contributed by atoms with Gasteiger partial charge in [-0.1, -0.05) is 12.8 Å². The van der Waals surface area contributed by atoms with Gasteiger partial charge in [-0.25, -0.2) is 0 Å². The molecular formula is C17H31NO3. The lowest BCUT2D eigenvalue weighted by Crippen LogP contribution is -2.59. The van der Waals surface area contributed by atoms with E-state index in [1.807, 2.05) is 0 Å². The van der Waals surface area contributed by atoms with E-state index in [-0.39, 0.29) is 17.2 Å². The van der Waals surface area contributed by atoms with E-state index >= 15 is 0 Å². The Morgan fingerprint density at radius 1 is 1.14 bits per heavy atom. The van der Waals surface area contributed by atoms with E-state index < -0.39 is 0 Å². The topological polar surface area (TPSA) is 53.7 Å². The van der Waals surface area contributed by atoms with Gasteiger partial charge in [-0.3, -0.25) is 0 Å². The number of ether oxygens (including phenoxy) is 3. The molecule has 0 aromatic rings. The fraction of sp³-hybridized carbons (Fsp3) is 1.00. The first-order chi connectivity index (χ1) is 10.2. The first-order valence-corrected chi connectivity index (χ1v) is 8.81. The van der Waals surface area contributed by atoms with E-state index in [0.29, 0.717) is 5.92 Å². The molecule has 2 heterocycles. The van der Waals surface area contributed by atoms with Crippen LogP contribution in [-0.4, -0.2) is 43.7 Å². The van der Waals surface area contributed by atoms with Gasteiger partial charge < -0.3 is 19.9 Å². The molecule has 2 atom stereocenters. The first kappa shape index (κ1) is 15.7. The summed E-state index contributed by atoms with van der Waals surface area (Å²) in [5.41, 5.74) is 6.73. The van der Waals surface area contributed by atoms with Gasteiger partial charge in [-0.05, 0) is 38.5 Å². The Kier molecular flexibility index (Phi) is 4.89. The molecule has 1 spiro atoms. The van der Waals surface area contributed by atoms with E-state index in [9.17, 15) is 0 Å². The Balaban J connectivity index is 1.71. The molecule has 122 valence electrons. The fourth-order valence-corrected chi connectivity index (χ4v) is 4.75. The summed E-state index contributed by atoms with van der Waals surface area (Å²) in [6.07, 6.45) is 9.15. The van der Waals surface area contributed by atoms with E-state index in [1.165, 1.54) is 25.7 Å². The van der Waals surface area contributed by atoms with Crippen molar-refractivity contribution in [3.05, 3.63) is 0 Å². The molecule has 3 aliphatic rings. The monoisotopic (exact) mass is 297 g/mol. The third-order valence-corrected chi connectivity index (χ3v) is 5.93. The Morgan fingerprint density at radius 3 is 2.52 bits per heavy atom. The lowest BCUT2D eigenvalue weighted by Gasteiger charge is -2.48. The van der Waals surface area contributed by atoms with Crippen LogP contribution in [0.2, 0.25) is 0 Å². The summed E-state index contributed by atoms with van der Waals surface area (Å²) >= 11 is 0. The molecule has 0 aromatic carbocycles. The third kappa shape index (κ3) is 3.14. The van der Waals surface area contributed by atoms with Crippen molar-refractivity contribution in [3.63, 3.8) is 0 Å². The molecule has 0 aromatic heterocycles. The molecule has 2 aliphatic heterocycles. The van der Waals surface area contributed by atoms with Crippen LogP contribution in [0.25, 0.3) is 0 Å². The van der Waals surface area contributed by atoms with Gasteiger partial charge in [-0.15, -0.1) is 0 Å². The molecule has 0 amide bonds. The molecule has 3 rings (SSSR count). The Morgan fingerprint density at radius 2 is 1.86 bits per heavy atom. The maximum Gasteiger partial charge on any atom is 0.0878 e. The third-order valence-electron chi connectivity index (χ3n) is 5.93. The first-order valence-electron chi connectivity index (χ1n) is 8.81. The molecule has 2 saturated heterocycles. The molecule has 0 bridgehead atoms. The predicted molar refractivity (Wildman–Crippen MR) is 82.3 cm³/mol. The van der Waals surface area contributed by atoms with Gasteiger partial charge in [0, 0.05) is 45.3 Å². The van der Waals surface area contributed by atoms with Gasteiger partial charge in [0.15, 0.2) is 0 Å². The second-order valence-electron chi connectivity index (χ2n) is 7.13. The van der Waals surface area contributed by atoms with Crippen LogP contribution in [-0.2, 0) is 14.2 Å². The predicted octanol–water partition coefficient (Wildman–Crippen LogP) is 2.64. The van der Waals surface area contributed by atoms with Crippen molar-refractivity contribution in [2.45, 2.75) is 75.5 Å². The molecule has 21 heavy (non-hydrogen) atoms. The summed E-state index contributed by atoms with van der Waals surface area (Å²) in [7, 11) is 0. The molecule has 1 aliphatic carbocycles. The smallest absolute Gasteiger partial charge is 0.0878 e. The van der Waals surface area contributed by atoms with Crippen LogP contribution in [0, 0.1) is 5.92 Å². The summed E-state index contributed by atoms with van der Waals surface area (Å²) in [6, 6.07) is 0.114. The van der Waals surface area contributed by atoms with Crippen molar-refractivity contribution in [2.24, 2.45) is 11.7 Å². The maximum absolute atomic E-state index is 6.76. The minimum absolute atomic E-state index is 0.114. The van der Waals surface area contributed by atoms with Gasteiger partial charge in [0.1, 0.15) is 0 Å². The van der Waals surface area contributed by atoms with Crippen molar-refractivity contribution in [2.75, 3.05) is 26.4 Å². The van der Waals surface area contributed by atoms with Crippen molar-refractivity contribution < 1.29 is 14.2 Å². The van der Waals surface area contributed by atoms with Gasteiger partial charge in [0.2, 0.25) is 0 Å². The fourth-order valence-electron chi connectivity index (χ4n) is 4.75. The van der Waals surface area contributed by atoms with Gasteiger partial charge in [-0.2, -0.15) is 0 Å². The minimum atomic E-state index is -0.172. The average molecular weight is 297 g/mol. The van der Waals surface area contributed by atoms with E-state index in [2.05, 4.69) is 6.92 Å². The van der Waals surface area contributed by atoms with Gasteiger partial charge >= 0.3 is 0 Å². The van der Waals surface area contributed by atoms with Crippen LogP contribution in [0.5, 0.6) is 0 Å². The zero-order chi connectivity index (χ0) is 14.8. The summed E-state index contributed by atoms with van der Waals surface area (Å²) in [4.78, 5) is 0. The summed E-state index contributed by atoms with van der Waals surface area (Å²) in [5, 5.41) is 0. The van der Waals surface area contributed by atoms with Gasteiger partial charge in [0.05, 0.1) is 11.2 Å². The van der Waals surface area contributed by atoms with Crippen LogP contribution in [0.4, 0.5) is 0 Å². The molecule has 1 saturated carbocycles. The van der Waals surface area contributed by atoms with Crippen LogP contribution in [0.3, 0.4) is 0 Å². The standard InChI is InChI=1S/C17H31NO3/c1-2-20-17(8-11-19-12-9-17)15(18)14-5-10-21-16(13-14)6-3-4-7-16/h14-15H,2-13,18H2,1H3.